The number of halogens is 1. The summed E-state index contributed by atoms with van der Waals surface area (Å²) in [4.78, 5) is 12.0. The lowest BCUT2D eigenvalue weighted by molar-refractivity contribution is 0.0932. The lowest BCUT2D eigenvalue weighted by Gasteiger charge is -2.14. The van der Waals surface area contributed by atoms with Crippen LogP contribution in [0.4, 0.5) is 0 Å². The maximum atomic E-state index is 12.1. The second-order valence-corrected chi connectivity index (χ2v) is 7.38. The Morgan fingerprint density at radius 1 is 1.42 bits per heavy atom. The van der Waals surface area contributed by atoms with Crippen LogP contribution in [-0.2, 0) is 9.05 Å². The van der Waals surface area contributed by atoms with Crippen LogP contribution in [0.3, 0.4) is 0 Å². The van der Waals surface area contributed by atoms with E-state index in [0.29, 0.717) is 5.75 Å². The first kappa shape index (κ1) is 14.1. The fourth-order valence-electron chi connectivity index (χ4n) is 1.67. The molecule has 7 heteroatoms. The van der Waals surface area contributed by atoms with Crippen LogP contribution in [-0.4, -0.2) is 27.0 Å². The molecule has 1 amide bonds. The summed E-state index contributed by atoms with van der Waals surface area (Å²) in [5.41, 5.74) is -0.0323. The summed E-state index contributed by atoms with van der Waals surface area (Å²) in [5, 5.41) is 2.84. The summed E-state index contributed by atoms with van der Waals surface area (Å²) < 4.78 is 27.7. The van der Waals surface area contributed by atoms with E-state index in [1.807, 2.05) is 6.92 Å². The van der Waals surface area contributed by atoms with Gasteiger partial charge in [0.2, 0.25) is 0 Å². The summed E-state index contributed by atoms with van der Waals surface area (Å²) in [5.74, 6) is -0.0511. The van der Waals surface area contributed by atoms with Gasteiger partial charge in [0.1, 0.15) is 5.75 Å². The minimum Gasteiger partial charge on any atom is -0.496 e. The molecule has 19 heavy (non-hydrogen) atoms. The van der Waals surface area contributed by atoms with Crippen molar-refractivity contribution in [1.29, 1.82) is 0 Å². The number of carbonyl (C=O) groups is 1. The third-order valence-electron chi connectivity index (χ3n) is 3.11. The molecule has 1 fully saturated rings. The van der Waals surface area contributed by atoms with Gasteiger partial charge in [0.15, 0.2) is 0 Å². The molecule has 1 aromatic rings. The van der Waals surface area contributed by atoms with Gasteiger partial charge in [-0.05, 0) is 38.0 Å². The average molecular weight is 304 g/mol. The highest BCUT2D eigenvalue weighted by atomic mass is 35.7. The predicted molar refractivity (Wildman–Crippen MR) is 71.1 cm³/mol. The molecule has 1 aliphatic carbocycles. The van der Waals surface area contributed by atoms with Crippen molar-refractivity contribution < 1.29 is 17.9 Å². The van der Waals surface area contributed by atoms with Crippen LogP contribution in [0.5, 0.6) is 5.75 Å². The number of hydrogen-bond acceptors (Lipinski definition) is 4. The van der Waals surface area contributed by atoms with Crippen molar-refractivity contribution in [3.05, 3.63) is 23.8 Å². The van der Waals surface area contributed by atoms with E-state index in [2.05, 4.69) is 5.32 Å². The Morgan fingerprint density at radius 3 is 2.53 bits per heavy atom. The molecule has 1 aliphatic rings. The number of methoxy groups -OCH3 is 1. The molecule has 2 rings (SSSR count). The van der Waals surface area contributed by atoms with Crippen LogP contribution in [0.25, 0.3) is 0 Å². The number of nitrogens with one attached hydrogen (secondary N) is 1. The third-order valence-corrected chi connectivity index (χ3v) is 4.46. The van der Waals surface area contributed by atoms with E-state index >= 15 is 0 Å². The summed E-state index contributed by atoms with van der Waals surface area (Å²) >= 11 is 0. The maximum Gasteiger partial charge on any atom is 0.261 e. The number of hydrogen-bond donors (Lipinski definition) is 1. The van der Waals surface area contributed by atoms with Gasteiger partial charge in [-0.1, -0.05) is 0 Å². The fourth-order valence-corrected chi connectivity index (χ4v) is 2.45. The van der Waals surface area contributed by atoms with Gasteiger partial charge >= 0.3 is 0 Å². The van der Waals surface area contributed by atoms with E-state index in [4.69, 9.17) is 15.4 Å². The molecule has 104 valence electrons. The normalized spacial score (nSPS) is 16.8. The van der Waals surface area contributed by atoms with E-state index in [9.17, 15) is 13.2 Å². The van der Waals surface area contributed by atoms with Crippen LogP contribution < -0.4 is 10.1 Å². The number of ether oxygens (including phenoxy) is 1. The smallest absolute Gasteiger partial charge is 0.261 e. The molecular formula is C12H14ClNO4S. The summed E-state index contributed by atoms with van der Waals surface area (Å²) in [6.45, 7) is 1.93. The quantitative estimate of drug-likeness (QED) is 0.862. The minimum absolute atomic E-state index is 0.124. The van der Waals surface area contributed by atoms with E-state index in [1.165, 1.54) is 25.3 Å². The molecule has 5 nitrogen and oxygen atoms in total. The first-order valence-corrected chi connectivity index (χ1v) is 8.01. The van der Waals surface area contributed by atoms with Crippen molar-refractivity contribution in [3.8, 4) is 5.75 Å². The number of amides is 1. The van der Waals surface area contributed by atoms with Crippen molar-refractivity contribution in [3.63, 3.8) is 0 Å². The van der Waals surface area contributed by atoms with Gasteiger partial charge in [0.05, 0.1) is 17.6 Å². The third kappa shape index (κ3) is 3.19. The topological polar surface area (TPSA) is 72.5 Å². The Morgan fingerprint density at radius 2 is 2.05 bits per heavy atom. The van der Waals surface area contributed by atoms with Crippen molar-refractivity contribution >= 4 is 25.6 Å². The molecular weight excluding hydrogens is 290 g/mol. The van der Waals surface area contributed by atoms with Gasteiger partial charge in [-0.3, -0.25) is 4.79 Å². The summed E-state index contributed by atoms with van der Waals surface area (Å²) in [7, 11) is 2.82. The van der Waals surface area contributed by atoms with Crippen LogP contribution in [0, 0.1) is 0 Å². The summed E-state index contributed by atoms with van der Waals surface area (Å²) in [6, 6.07) is 3.94. The van der Waals surface area contributed by atoms with Crippen LogP contribution >= 0.6 is 10.7 Å². The Labute approximate surface area is 116 Å². The maximum absolute atomic E-state index is 12.1. The Balaban J connectivity index is 2.38. The molecule has 1 aromatic carbocycles. The van der Waals surface area contributed by atoms with Gasteiger partial charge in [-0.15, -0.1) is 0 Å². The second-order valence-electron chi connectivity index (χ2n) is 4.81. The van der Waals surface area contributed by atoms with E-state index in [0.717, 1.165) is 12.8 Å². The molecule has 0 aromatic heterocycles. The van der Waals surface area contributed by atoms with Crippen LogP contribution in [0.15, 0.2) is 23.1 Å². The molecule has 1 saturated carbocycles. The van der Waals surface area contributed by atoms with Crippen LogP contribution in [0.1, 0.15) is 30.1 Å². The number of rotatable bonds is 4. The molecule has 0 unspecified atom stereocenters. The molecule has 0 bridgehead atoms. The summed E-state index contributed by atoms with van der Waals surface area (Å²) in [6.07, 6.45) is 1.82. The molecule has 0 saturated heterocycles. The van der Waals surface area contributed by atoms with Gasteiger partial charge in [0, 0.05) is 16.2 Å². The number of benzene rings is 1. The van der Waals surface area contributed by atoms with Gasteiger partial charge < -0.3 is 10.1 Å². The zero-order valence-corrected chi connectivity index (χ0v) is 12.1. The highest BCUT2D eigenvalue weighted by Gasteiger charge is 2.39. The van der Waals surface area contributed by atoms with Crippen molar-refractivity contribution in [2.45, 2.75) is 30.2 Å². The average Bonchev–Trinajstić information content (AvgIpc) is 3.04. The van der Waals surface area contributed by atoms with E-state index < -0.39 is 9.05 Å². The highest BCUT2D eigenvalue weighted by molar-refractivity contribution is 8.13. The second kappa shape index (κ2) is 4.68. The standard InChI is InChI=1S/C12H14ClNO4S/c1-12(5-6-12)14-11(15)9-7-8(19(13,16)17)3-4-10(9)18-2/h3-4,7H,5-6H2,1-2H3,(H,14,15). The van der Waals surface area contributed by atoms with E-state index in [1.54, 1.807) is 0 Å². The SMILES string of the molecule is COc1ccc(S(=O)(=O)Cl)cc1C(=O)NC1(C)CC1. The molecule has 0 atom stereocenters. The van der Waals surface area contributed by atoms with E-state index in [-0.39, 0.29) is 21.9 Å². The zero-order valence-electron chi connectivity index (χ0n) is 10.6. The molecule has 0 aliphatic heterocycles. The Bertz CT molecular complexity index is 623. The monoisotopic (exact) mass is 303 g/mol. The molecule has 0 heterocycles. The van der Waals surface area contributed by atoms with Gasteiger partial charge in [-0.25, -0.2) is 8.42 Å². The fraction of sp³-hybridized carbons (Fsp3) is 0.417. The molecule has 1 N–H and O–H groups in total. The first-order chi connectivity index (χ1) is 8.75. The first-order valence-electron chi connectivity index (χ1n) is 5.70. The molecule has 0 spiro atoms. The van der Waals surface area contributed by atoms with Crippen LogP contribution in [0.2, 0.25) is 0 Å². The zero-order chi connectivity index (χ0) is 14.3. The van der Waals surface area contributed by atoms with Crippen molar-refractivity contribution in [1.82, 2.24) is 5.32 Å². The Kier molecular flexibility index (Phi) is 3.49. The lowest BCUT2D eigenvalue weighted by atomic mass is 10.1. The lowest BCUT2D eigenvalue weighted by Crippen LogP contribution is -2.34. The number of carbonyl (C=O) groups excluding carboxylic acids is 1. The van der Waals surface area contributed by atoms with Crippen molar-refractivity contribution in [2.24, 2.45) is 0 Å². The van der Waals surface area contributed by atoms with Gasteiger partial charge in [-0.2, -0.15) is 0 Å². The highest BCUT2D eigenvalue weighted by Crippen LogP contribution is 2.35. The molecule has 0 radical (unpaired) electrons. The largest absolute Gasteiger partial charge is 0.496 e. The Hall–Kier alpha value is -1.27. The van der Waals surface area contributed by atoms with Gasteiger partial charge in [0.25, 0.3) is 15.0 Å². The predicted octanol–water partition coefficient (Wildman–Crippen LogP) is 1.90. The minimum atomic E-state index is -3.88. The van der Waals surface area contributed by atoms with Crippen molar-refractivity contribution in [2.75, 3.05) is 7.11 Å².